The summed E-state index contributed by atoms with van der Waals surface area (Å²) in [7, 11) is -4.89. The van der Waals surface area contributed by atoms with E-state index in [2.05, 4.69) is 38.2 Å². The van der Waals surface area contributed by atoms with Crippen molar-refractivity contribution in [1.29, 1.82) is 0 Å². The van der Waals surface area contributed by atoms with Crippen molar-refractivity contribution in [3.05, 3.63) is 24.3 Å². The average molecular weight is 774 g/mol. The zero-order chi connectivity index (χ0) is 39.1. The predicted molar refractivity (Wildman–Crippen MR) is 212 cm³/mol. The van der Waals surface area contributed by atoms with Crippen LogP contribution in [0.25, 0.3) is 0 Å². The number of aliphatic hydroxyl groups is 2. The highest BCUT2D eigenvalue weighted by Gasteiger charge is 2.21. The molecule has 312 valence electrons. The fourth-order valence-corrected chi connectivity index (χ4v) is 6.58. The smallest absolute Gasteiger partial charge is 0.306 e. The van der Waals surface area contributed by atoms with Gasteiger partial charge in [0.05, 0.1) is 26.4 Å². The molecule has 0 radical (unpaired) electrons. The number of hydrogen-bond acceptors (Lipinski definition) is 10. The molecule has 2 atom stereocenters. The molecule has 0 aliphatic heterocycles. The molecule has 0 aliphatic carbocycles. The van der Waals surface area contributed by atoms with Crippen LogP contribution in [0.3, 0.4) is 0 Å². The van der Waals surface area contributed by atoms with Gasteiger partial charge in [0.25, 0.3) is 7.82 Å². The van der Waals surface area contributed by atoms with Crippen molar-refractivity contribution < 1.29 is 47.8 Å². The number of carbonyl (C=O) groups excluding carboxylic acids is 2. The van der Waals surface area contributed by atoms with Crippen LogP contribution in [-0.2, 0) is 32.7 Å². The minimum absolute atomic E-state index is 0.167. The fourth-order valence-electron chi connectivity index (χ4n) is 5.80. The molecule has 0 aromatic carbocycles. The summed E-state index contributed by atoms with van der Waals surface area (Å²) in [4.78, 5) is 36.6. The van der Waals surface area contributed by atoms with Gasteiger partial charge in [0.15, 0.2) is 0 Å². The molecule has 0 bridgehead atoms. The zero-order valence-corrected chi connectivity index (χ0v) is 34.6. The maximum atomic E-state index is 12.2. The third-order valence-corrected chi connectivity index (χ3v) is 10.1. The summed E-state index contributed by atoms with van der Waals surface area (Å²) in [5.74, 6) is -1.07. The highest BCUT2D eigenvalue weighted by molar-refractivity contribution is 7.45. The largest absolute Gasteiger partial charge is 0.756 e. The van der Waals surface area contributed by atoms with Crippen LogP contribution < -0.4 is 4.89 Å². The van der Waals surface area contributed by atoms with Crippen molar-refractivity contribution in [3.8, 4) is 0 Å². The maximum absolute atomic E-state index is 12.2. The zero-order valence-electron chi connectivity index (χ0n) is 33.7. The van der Waals surface area contributed by atoms with E-state index in [0.717, 1.165) is 77.0 Å². The van der Waals surface area contributed by atoms with Gasteiger partial charge in [0, 0.05) is 12.8 Å². The van der Waals surface area contributed by atoms with E-state index < -0.39 is 58.4 Å². The molecule has 11 heteroatoms. The van der Waals surface area contributed by atoms with Crippen LogP contribution in [-0.4, -0.2) is 60.8 Å². The molecule has 0 aliphatic rings. The molecule has 0 aromatic rings. The van der Waals surface area contributed by atoms with Crippen LogP contribution in [0.5, 0.6) is 0 Å². The van der Waals surface area contributed by atoms with Gasteiger partial charge >= 0.3 is 11.9 Å². The van der Waals surface area contributed by atoms with Gasteiger partial charge in [-0.1, -0.05) is 141 Å². The average Bonchev–Trinajstić information content (AvgIpc) is 3.14. The Balaban J connectivity index is 3.95. The summed E-state index contributed by atoms with van der Waals surface area (Å²) in [5, 5.41) is 19.1. The normalized spacial score (nSPS) is 13.2. The van der Waals surface area contributed by atoms with Gasteiger partial charge in [-0.15, -0.1) is 0 Å². The van der Waals surface area contributed by atoms with E-state index in [9.17, 15) is 29.3 Å². The number of aliphatic hydroxyl groups excluding tert-OH is 2. The molecule has 10 nitrogen and oxygen atoms in total. The summed E-state index contributed by atoms with van der Waals surface area (Å²) in [6.45, 7) is 2.00. The Kier molecular flexibility index (Phi) is 37.6. The SMILES string of the molecule is CCCCCCCC/C=C\CCCCCCCC(=O)O[C@@H](CO)COP(=O)([O-])OC[C@H](CO)OC(=O)CCCCCCC/C=C\CCCCCCCC. The first-order valence-electron chi connectivity index (χ1n) is 21.3. The molecule has 0 saturated heterocycles. The summed E-state index contributed by atoms with van der Waals surface area (Å²) >= 11 is 0. The summed E-state index contributed by atoms with van der Waals surface area (Å²) in [6.07, 6.45) is 36.9. The third-order valence-electron chi connectivity index (χ3n) is 9.13. The Hall–Kier alpha value is -1.55. The number of unbranched alkanes of at least 4 members (excludes halogenated alkanes) is 22. The summed E-state index contributed by atoms with van der Waals surface area (Å²) in [6, 6.07) is 0. The summed E-state index contributed by atoms with van der Waals surface area (Å²) in [5.41, 5.74) is 0. The lowest BCUT2D eigenvalue weighted by molar-refractivity contribution is -0.231. The third kappa shape index (κ3) is 37.2. The maximum Gasteiger partial charge on any atom is 0.306 e. The number of rotatable bonds is 40. The van der Waals surface area contributed by atoms with Crippen LogP contribution in [0, 0.1) is 0 Å². The van der Waals surface area contributed by atoms with E-state index in [0.29, 0.717) is 12.8 Å². The Morgan fingerprint density at radius 2 is 0.792 bits per heavy atom. The van der Waals surface area contributed by atoms with E-state index in [-0.39, 0.29) is 12.8 Å². The van der Waals surface area contributed by atoms with Gasteiger partial charge in [-0.3, -0.25) is 14.2 Å². The number of phosphoric acid groups is 1. The van der Waals surface area contributed by atoms with Crippen LogP contribution in [0.15, 0.2) is 24.3 Å². The van der Waals surface area contributed by atoms with Crippen LogP contribution in [0.2, 0.25) is 0 Å². The monoisotopic (exact) mass is 774 g/mol. The molecular formula is C42H78O10P-. The molecule has 0 saturated carbocycles. The number of carbonyl (C=O) groups is 2. The van der Waals surface area contributed by atoms with Crippen molar-refractivity contribution >= 4 is 19.8 Å². The Morgan fingerprint density at radius 1 is 0.509 bits per heavy atom. The lowest BCUT2D eigenvalue weighted by atomic mass is 10.1. The van der Waals surface area contributed by atoms with Gasteiger partial charge < -0.3 is 33.6 Å². The van der Waals surface area contributed by atoms with Crippen LogP contribution in [0.1, 0.15) is 194 Å². The second kappa shape index (κ2) is 38.7. The molecule has 0 amide bonds. The van der Waals surface area contributed by atoms with E-state index in [4.69, 9.17) is 18.5 Å². The van der Waals surface area contributed by atoms with Gasteiger partial charge in [0.1, 0.15) is 12.2 Å². The van der Waals surface area contributed by atoms with E-state index >= 15 is 0 Å². The molecule has 0 spiro atoms. The molecule has 0 heterocycles. The van der Waals surface area contributed by atoms with Gasteiger partial charge in [0.2, 0.25) is 0 Å². The van der Waals surface area contributed by atoms with Crippen LogP contribution in [0.4, 0.5) is 0 Å². The van der Waals surface area contributed by atoms with Gasteiger partial charge in [-0.25, -0.2) is 0 Å². The van der Waals surface area contributed by atoms with Crippen molar-refractivity contribution in [2.45, 2.75) is 206 Å². The second-order valence-corrected chi connectivity index (χ2v) is 15.7. The van der Waals surface area contributed by atoms with Crippen molar-refractivity contribution in [2.75, 3.05) is 26.4 Å². The molecule has 0 unspecified atom stereocenters. The van der Waals surface area contributed by atoms with Crippen molar-refractivity contribution in [2.24, 2.45) is 0 Å². The number of ether oxygens (including phenoxy) is 2. The van der Waals surface area contributed by atoms with Crippen LogP contribution >= 0.6 is 7.82 Å². The number of esters is 2. The first-order chi connectivity index (χ1) is 25.8. The fraction of sp³-hybridized carbons (Fsp3) is 0.857. The van der Waals surface area contributed by atoms with Crippen molar-refractivity contribution in [1.82, 2.24) is 0 Å². The number of hydrogen-bond donors (Lipinski definition) is 2. The van der Waals surface area contributed by atoms with E-state index in [1.807, 2.05) is 0 Å². The minimum Gasteiger partial charge on any atom is -0.756 e. The highest BCUT2D eigenvalue weighted by atomic mass is 31.2. The predicted octanol–water partition coefficient (Wildman–Crippen LogP) is 10.4. The molecular weight excluding hydrogens is 695 g/mol. The minimum atomic E-state index is -4.89. The topological polar surface area (TPSA) is 152 Å². The first-order valence-corrected chi connectivity index (χ1v) is 22.7. The van der Waals surface area contributed by atoms with Gasteiger partial charge in [-0.2, -0.15) is 0 Å². The Labute approximate surface area is 323 Å². The lowest BCUT2D eigenvalue weighted by Gasteiger charge is -2.26. The standard InChI is InChI=1S/C42H79O10P/c1-3-5-7-9-11-13-15-17-19-21-23-25-27-29-31-33-41(45)51-39(35-43)37-49-53(47,48)50-38-40(36-44)52-42(46)34-32-30-28-26-24-22-20-18-16-14-12-10-8-6-4-2/h17-20,39-40,43-44H,3-16,21-38H2,1-2H3,(H,47,48)/p-1/b19-17-,20-18-/t39-,40-/m0/s1. The lowest BCUT2D eigenvalue weighted by Crippen LogP contribution is -2.30. The Bertz CT molecular complexity index is 871. The second-order valence-electron chi connectivity index (χ2n) is 14.3. The highest BCUT2D eigenvalue weighted by Crippen LogP contribution is 2.38. The van der Waals surface area contributed by atoms with E-state index in [1.54, 1.807) is 0 Å². The Morgan fingerprint density at radius 3 is 1.09 bits per heavy atom. The first kappa shape index (κ1) is 51.5. The van der Waals surface area contributed by atoms with E-state index in [1.165, 1.54) is 77.0 Å². The molecule has 0 fully saturated rings. The molecule has 0 aromatic heterocycles. The summed E-state index contributed by atoms with van der Waals surface area (Å²) < 4.78 is 32.1. The van der Waals surface area contributed by atoms with Gasteiger partial charge in [-0.05, 0) is 64.2 Å². The molecule has 2 N–H and O–H groups in total. The quantitative estimate of drug-likeness (QED) is 0.0266. The van der Waals surface area contributed by atoms with Crippen molar-refractivity contribution in [3.63, 3.8) is 0 Å². The number of phosphoric ester groups is 1. The molecule has 53 heavy (non-hydrogen) atoms. The molecule has 0 rings (SSSR count). The number of allylic oxidation sites excluding steroid dienone is 4.